The van der Waals surface area contributed by atoms with Gasteiger partial charge in [-0.1, -0.05) is 18.2 Å². The van der Waals surface area contributed by atoms with Crippen LogP contribution in [0.15, 0.2) is 42.5 Å². The van der Waals surface area contributed by atoms with Gasteiger partial charge in [-0.3, -0.25) is 24.5 Å². The van der Waals surface area contributed by atoms with E-state index in [1.54, 1.807) is 18.2 Å². The van der Waals surface area contributed by atoms with Gasteiger partial charge in [-0.2, -0.15) is 0 Å². The first-order valence-electron chi connectivity index (χ1n) is 10.4. The Kier molecular flexibility index (Phi) is 4.73. The molecule has 1 fully saturated rings. The molecule has 32 heavy (non-hydrogen) atoms. The number of imidazole rings is 1. The number of nitrogens with zero attached hydrogens (tertiary/aromatic N) is 2. The van der Waals surface area contributed by atoms with Crippen molar-refractivity contribution >= 4 is 34.7 Å². The molecule has 1 saturated heterocycles. The van der Waals surface area contributed by atoms with Crippen molar-refractivity contribution in [2.24, 2.45) is 0 Å². The lowest BCUT2D eigenvalue weighted by Crippen LogP contribution is -2.52. The molecule has 3 N–H and O–H groups in total. The van der Waals surface area contributed by atoms with Gasteiger partial charge in [0, 0.05) is 24.1 Å². The van der Waals surface area contributed by atoms with E-state index in [9.17, 15) is 19.2 Å². The molecule has 2 atom stereocenters. The molecule has 2 aliphatic heterocycles. The predicted octanol–water partition coefficient (Wildman–Crippen LogP) is 1.81. The zero-order chi connectivity index (χ0) is 22.4. The standard InChI is InChI=1S/C23H21N5O4/c1-12(20-25-16-4-2-3-5-17(16)26-20)24-21(30)13-6-7-14-11-28(23(32)15(14)10-13)18-8-9-19(29)27-22(18)31/h2-7,10,12,18H,8-9,11H2,1H3,(H,24,30)(H,25,26)(H,27,29,31)/t12-,18?/m0/s1. The quantitative estimate of drug-likeness (QED) is 0.544. The van der Waals surface area contributed by atoms with Gasteiger partial charge in [0.1, 0.15) is 11.9 Å². The Morgan fingerprint density at radius 1 is 1.19 bits per heavy atom. The van der Waals surface area contributed by atoms with Crippen molar-refractivity contribution in [3.63, 3.8) is 0 Å². The number of nitrogens with one attached hydrogen (secondary N) is 3. The summed E-state index contributed by atoms with van der Waals surface area (Å²) < 4.78 is 0. The highest BCUT2D eigenvalue weighted by Crippen LogP contribution is 2.28. The molecule has 3 aromatic rings. The minimum absolute atomic E-state index is 0.198. The number of hydrogen-bond donors (Lipinski definition) is 3. The maximum absolute atomic E-state index is 13.0. The Hall–Kier alpha value is -4.01. The summed E-state index contributed by atoms with van der Waals surface area (Å²) in [5, 5.41) is 5.19. The van der Waals surface area contributed by atoms with Crippen LogP contribution in [0.4, 0.5) is 0 Å². The average Bonchev–Trinajstić information content (AvgIpc) is 3.35. The van der Waals surface area contributed by atoms with Crippen LogP contribution in [-0.2, 0) is 16.1 Å². The van der Waals surface area contributed by atoms with Crippen LogP contribution in [0.25, 0.3) is 11.0 Å². The van der Waals surface area contributed by atoms with E-state index in [-0.39, 0.29) is 36.7 Å². The number of carbonyl (C=O) groups is 4. The van der Waals surface area contributed by atoms with Crippen LogP contribution in [0.1, 0.15) is 57.9 Å². The Labute approximate surface area is 183 Å². The van der Waals surface area contributed by atoms with Gasteiger partial charge in [0.25, 0.3) is 11.8 Å². The van der Waals surface area contributed by atoms with E-state index in [2.05, 4.69) is 20.6 Å². The lowest BCUT2D eigenvalue weighted by molar-refractivity contribution is -0.136. The van der Waals surface area contributed by atoms with E-state index in [1.807, 2.05) is 31.2 Å². The number of hydrogen-bond acceptors (Lipinski definition) is 5. The highest BCUT2D eigenvalue weighted by Gasteiger charge is 2.39. The third-order valence-electron chi connectivity index (χ3n) is 5.96. The minimum atomic E-state index is -0.682. The third kappa shape index (κ3) is 3.41. The number of piperidine rings is 1. The first kappa shape index (κ1) is 19.9. The normalized spacial score (nSPS) is 19.1. The van der Waals surface area contributed by atoms with Crippen LogP contribution in [0.5, 0.6) is 0 Å². The number of aromatic amines is 1. The fraction of sp³-hybridized carbons (Fsp3) is 0.261. The van der Waals surface area contributed by atoms with Gasteiger partial charge in [-0.15, -0.1) is 0 Å². The number of para-hydroxylation sites is 2. The minimum Gasteiger partial charge on any atom is -0.342 e. The first-order valence-corrected chi connectivity index (χ1v) is 10.4. The molecular formula is C23H21N5O4. The number of fused-ring (bicyclic) bond motifs is 2. The van der Waals surface area contributed by atoms with E-state index in [0.717, 1.165) is 16.6 Å². The molecule has 0 radical (unpaired) electrons. The second-order valence-electron chi connectivity index (χ2n) is 8.11. The zero-order valence-corrected chi connectivity index (χ0v) is 17.3. The van der Waals surface area contributed by atoms with Crippen molar-refractivity contribution in [2.45, 2.75) is 38.4 Å². The molecule has 9 heteroatoms. The smallest absolute Gasteiger partial charge is 0.255 e. The number of rotatable bonds is 4. The van der Waals surface area contributed by atoms with Gasteiger partial charge < -0.3 is 15.2 Å². The predicted molar refractivity (Wildman–Crippen MR) is 114 cm³/mol. The van der Waals surface area contributed by atoms with Crippen LogP contribution in [0.2, 0.25) is 0 Å². The molecule has 3 heterocycles. The van der Waals surface area contributed by atoms with Gasteiger partial charge in [0.2, 0.25) is 11.8 Å². The van der Waals surface area contributed by atoms with Gasteiger partial charge in [-0.05, 0) is 43.2 Å². The fourth-order valence-corrected chi connectivity index (χ4v) is 4.22. The van der Waals surface area contributed by atoms with Crippen molar-refractivity contribution < 1.29 is 19.2 Å². The number of amides is 4. The van der Waals surface area contributed by atoms with Crippen LogP contribution < -0.4 is 10.6 Å². The second-order valence-corrected chi connectivity index (χ2v) is 8.11. The van der Waals surface area contributed by atoms with Crippen molar-refractivity contribution in [3.8, 4) is 0 Å². The summed E-state index contributed by atoms with van der Waals surface area (Å²) in [5.41, 5.74) is 3.21. The fourth-order valence-electron chi connectivity index (χ4n) is 4.22. The molecule has 1 aromatic heterocycles. The maximum atomic E-state index is 13.0. The lowest BCUT2D eigenvalue weighted by atomic mass is 10.0. The molecular weight excluding hydrogens is 410 g/mol. The molecule has 0 bridgehead atoms. The summed E-state index contributed by atoms with van der Waals surface area (Å²) in [6.07, 6.45) is 0.497. The summed E-state index contributed by atoms with van der Waals surface area (Å²) in [4.78, 5) is 58.6. The van der Waals surface area contributed by atoms with Crippen LogP contribution in [0, 0.1) is 0 Å². The van der Waals surface area contributed by atoms with Crippen LogP contribution >= 0.6 is 0 Å². The van der Waals surface area contributed by atoms with Crippen molar-refractivity contribution in [1.29, 1.82) is 0 Å². The zero-order valence-electron chi connectivity index (χ0n) is 17.3. The molecule has 5 rings (SSSR count). The van der Waals surface area contributed by atoms with E-state index >= 15 is 0 Å². The number of aromatic nitrogens is 2. The number of imide groups is 1. The molecule has 9 nitrogen and oxygen atoms in total. The van der Waals surface area contributed by atoms with Gasteiger partial charge in [0.05, 0.1) is 17.1 Å². The largest absolute Gasteiger partial charge is 0.342 e. The monoisotopic (exact) mass is 431 g/mol. The molecule has 1 unspecified atom stereocenters. The topological polar surface area (TPSA) is 124 Å². The molecule has 2 aromatic carbocycles. The maximum Gasteiger partial charge on any atom is 0.255 e. The molecule has 162 valence electrons. The van der Waals surface area contributed by atoms with Crippen molar-refractivity contribution in [3.05, 3.63) is 65.0 Å². The summed E-state index contributed by atoms with van der Waals surface area (Å²) in [6, 6.07) is 11.5. The Bertz CT molecular complexity index is 1250. The SMILES string of the molecule is C[C@H](NC(=O)c1ccc2c(c1)C(=O)N(C1CCC(=O)NC1=O)C2)c1nc2ccccc2[nH]1. The average molecular weight is 431 g/mol. The summed E-state index contributed by atoms with van der Waals surface area (Å²) in [6.45, 7) is 2.11. The summed E-state index contributed by atoms with van der Waals surface area (Å²) in [7, 11) is 0. The van der Waals surface area contributed by atoms with Gasteiger partial charge in [0.15, 0.2) is 0 Å². The summed E-state index contributed by atoms with van der Waals surface area (Å²) >= 11 is 0. The van der Waals surface area contributed by atoms with Gasteiger partial charge in [-0.25, -0.2) is 4.98 Å². The van der Waals surface area contributed by atoms with E-state index in [4.69, 9.17) is 0 Å². The van der Waals surface area contributed by atoms with Gasteiger partial charge >= 0.3 is 0 Å². The molecule has 4 amide bonds. The Morgan fingerprint density at radius 2 is 2.00 bits per heavy atom. The van der Waals surface area contributed by atoms with E-state index < -0.39 is 11.9 Å². The van der Waals surface area contributed by atoms with Crippen LogP contribution in [0.3, 0.4) is 0 Å². The number of carbonyl (C=O) groups excluding carboxylic acids is 4. The Balaban J connectivity index is 1.32. The highest BCUT2D eigenvalue weighted by atomic mass is 16.2. The van der Waals surface area contributed by atoms with E-state index in [1.165, 1.54) is 4.90 Å². The first-order chi connectivity index (χ1) is 15.4. The molecule has 0 aliphatic carbocycles. The molecule has 2 aliphatic rings. The number of H-pyrrole nitrogens is 1. The molecule has 0 saturated carbocycles. The lowest BCUT2D eigenvalue weighted by Gasteiger charge is -2.29. The second kappa shape index (κ2) is 7.60. The molecule has 0 spiro atoms. The van der Waals surface area contributed by atoms with Crippen molar-refractivity contribution in [1.82, 2.24) is 25.5 Å². The van der Waals surface area contributed by atoms with Crippen molar-refractivity contribution in [2.75, 3.05) is 0 Å². The highest BCUT2D eigenvalue weighted by molar-refractivity contribution is 6.06. The van der Waals surface area contributed by atoms with E-state index in [0.29, 0.717) is 23.4 Å². The summed E-state index contributed by atoms with van der Waals surface area (Å²) in [5.74, 6) is -0.781. The van der Waals surface area contributed by atoms with Crippen LogP contribution in [-0.4, -0.2) is 44.5 Å². The third-order valence-corrected chi connectivity index (χ3v) is 5.96. The number of benzene rings is 2. The Morgan fingerprint density at radius 3 is 2.78 bits per heavy atom.